The van der Waals surface area contributed by atoms with E-state index in [1.165, 1.54) is 49.3 Å². The Morgan fingerprint density at radius 1 is 0.915 bits per heavy atom. The molecule has 0 aliphatic carbocycles. The number of aliphatic hydroxyl groups is 1. The second kappa shape index (κ2) is 12.5. The maximum Gasteiger partial charge on any atom is 0.296 e. The molecule has 3 heterocycles. The molecule has 12 heteroatoms. The molecule has 0 radical (unpaired) electrons. The van der Waals surface area contributed by atoms with E-state index in [-0.39, 0.29) is 16.5 Å². The van der Waals surface area contributed by atoms with Crippen molar-refractivity contribution in [2.24, 2.45) is 0 Å². The van der Waals surface area contributed by atoms with Crippen molar-refractivity contribution in [3.8, 4) is 17.2 Å². The van der Waals surface area contributed by atoms with Crippen molar-refractivity contribution in [2.75, 3.05) is 26.2 Å². The zero-order valence-corrected chi connectivity index (χ0v) is 27.1. The number of thioether (sulfide) groups is 1. The van der Waals surface area contributed by atoms with E-state index in [1.54, 1.807) is 30.3 Å². The summed E-state index contributed by atoms with van der Waals surface area (Å²) >= 11 is 2.67. The Bertz CT molecular complexity index is 2140. The second-order valence-corrected chi connectivity index (χ2v) is 12.7. The topological polar surface area (TPSA) is 124 Å². The maximum atomic E-state index is 14.1. The third-order valence-corrected chi connectivity index (χ3v) is 10.0. The summed E-state index contributed by atoms with van der Waals surface area (Å²) in [5.41, 5.74) is 1.87. The lowest BCUT2D eigenvalue weighted by atomic mass is 9.94. The maximum absolute atomic E-state index is 14.1. The highest BCUT2D eigenvalue weighted by atomic mass is 32.2. The van der Waals surface area contributed by atoms with Crippen LogP contribution in [0.2, 0.25) is 0 Å². The SMILES string of the molecule is COc1cc(C2C(C(=O)c3cc4ccccc4o3)=C(O)C(=O)N2c2nnc(SCc3cccc4ccccc34)s2)cc(OC)c1OC. The molecule has 1 unspecified atom stereocenters. The summed E-state index contributed by atoms with van der Waals surface area (Å²) in [5, 5.41) is 23.2. The number of anilines is 1. The van der Waals surface area contributed by atoms with Gasteiger partial charge in [-0.1, -0.05) is 83.8 Å². The number of carbonyl (C=O) groups excluding carboxylic acids is 2. The molecule has 4 aromatic carbocycles. The quantitative estimate of drug-likeness (QED) is 0.0892. The van der Waals surface area contributed by atoms with E-state index in [4.69, 9.17) is 18.6 Å². The molecule has 10 nitrogen and oxygen atoms in total. The first-order chi connectivity index (χ1) is 22.9. The van der Waals surface area contributed by atoms with Gasteiger partial charge in [0.2, 0.25) is 16.7 Å². The van der Waals surface area contributed by atoms with Crippen molar-refractivity contribution in [3.63, 3.8) is 0 Å². The molecule has 2 aromatic heterocycles. The van der Waals surface area contributed by atoms with Crippen molar-refractivity contribution in [1.29, 1.82) is 0 Å². The van der Waals surface area contributed by atoms with E-state index in [0.29, 0.717) is 43.9 Å². The van der Waals surface area contributed by atoms with E-state index in [2.05, 4.69) is 34.5 Å². The van der Waals surface area contributed by atoms with Crippen LogP contribution in [0.4, 0.5) is 5.13 Å². The van der Waals surface area contributed by atoms with Gasteiger partial charge in [0.25, 0.3) is 5.91 Å². The van der Waals surface area contributed by atoms with Crippen LogP contribution >= 0.6 is 23.1 Å². The first-order valence-corrected chi connectivity index (χ1v) is 16.2. The van der Waals surface area contributed by atoms with Crippen LogP contribution in [0, 0.1) is 0 Å². The van der Waals surface area contributed by atoms with Gasteiger partial charge >= 0.3 is 0 Å². The molecule has 1 amide bonds. The lowest BCUT2D eigenvalue weighted by molar-refractivity contribution is -0.117. The third kappa shape index (κ3) is 5.34. The number of furan rings is 1. The van der Waals surface area contributed by atoms with Gasteiger partial charge in [0.05, 0.1) is 32.9 Å². The predicted molar refractivity (Wildman–Crippen MR) is 180 cm³/mol. The van der Waals surface area contributed by atoms with Crippen LogP contribution in [-0.2, 0) is 10.5 Å². The van der Waals surface area contributed by atoms with Gasteiger partial charge in [0.1, 0.15) is 5.58 Å². The number of fused-ring (bicyclic) bond motifs is 2. The second-order valence-electron chi connectivity index (χ2n) is 10.6. The molecule has 1 N–H and O–H groups in total. The van der Waals surface area contributed by atoms with E-state index in [1.807, 2.05) is 30.3 Å². The van der Waals surface area contributed by atoms with E-state index < -0.39 is 23.5 Å². The fraction of sp³-hybridized carbons (Fsp3) is 0.143. The number of amides is 1. The van der Waals surface area contributed by atoms with Crippen LogP contribution in [0.25, 0.3) is 21.7 Å². The number of para-hydroxylation sites is 1. The number of rotatable bonds is 10. The fourth-order valence-corrected chi connectivity index (χ4v) is 7.62. The van der Waals surface area contributed by atoms with Gasteiger partial charge in [-0.25, -0.2) is 0 Å². The Morgan fingerprint density at radius 3 is 2.34 bits per heavy atom. The molecular weight excluding hydrogens is 639 g/mol. The highest BCUT2D eigenvalue weighted by molar-refractivity contribution is 8.00. The number of carbonyl (C=O) groups is 2. The van der Waals surface area contributed by atoms with Gasteiger partial charge in [-0.2, -0.15) is 0 Å². The molecule has 0 saturated heterocycles. The van der Waals surface area contributed by atoms with Gasteiger partial charge in [-0.15, -0.1) is 10.2 Å². The summed E-state index contributed by atoms with van der Waals surface area (Å²) in [4.78, 5) is 29.2. The van der Waals surface area contributed by atoms with Gasteiger partial charge in [0.15, 0.2) is 27.4 Å². The average molecular weight is 666 g/mol. The molecule has 1 aliphatic rings. The Balaban J connectivity index is 1.29. The number of hydrogen-bond acceptors (Lipinski definition) is 11. The van der Waals surface area contributed by atoms with Gasteiger partial charge in [0, 0.05) is 11.1 Å². The summed E-state index contributed by atoms with van der Waals surface area (Å²) < 4.78 is 23.1. The molecular formula is C35H27N3O7S2. The number of methoxy groups -OCH3 is 3. The molecule has 1 aliphatic heterocycles. The Morgan fingerprint density at radius 2 is 1.62 bits per heavy atom. The first-order valence-electron chi connectivity index (χ1n) is 14.4. The largest absolute Gasteiger partial charge is 0.503 e. The number of ether oxygens (including phenoxy) is 3. The molecule has 236 valence electrons. The Kier molecular flexibility index (Phi) is 8.04. The molecule has 7 rings (SSSR count). The highest BCUT2D eigenvalue weighted by Gasteiger charge is 2.47. The molecule has 0 bridgehead atoms. The number of hydrogen-bond donors (Lipinski definition) is 1. The Hall–Kier alpha value is -5.33. The van der Waals surface area contributed by atoms with Crippen molar-refractivity contribution in [1.82, 2.24) is 10.2 Å². The highest BCUT2D eigenvalue weighted by Crippen LogP contribution is 2.48. The molecule has 47 heavy (non-hydrogen) atoms. The zero-order valence-electron chi connectivity index (χ0n) is 25.4. The smallest absolute Gasteiger partial charge is 0.296 e. The summed E-state index contributed by atoms with van der Waals surface area (Å²) in [6.07, 6.45) is 0. The number of ketones is 1. The third-order valence-electron chi connectivity index (χ3n) is 7.94. The number of benzene rings is 4. The van der Waals surface area contributed by atoms with Crippen LogP contribution in [0.1, 0.15) is 27.7 Å². The lowest BCUT2D eigenvalue weighted by Crippen LogP contribution is -2.31. The molecule has 0 fully saturated rings. The summed E-state index contributed by atoms with van der Waals surface area (Å²) in [6.45, 7) is 0. The average Bonchev–Trinajstić information content (AvgIpc) is 3.82. The summed E-state index contributed by atoms with van der Waals surface area (Å²) in [6, 6.07) is 25.2. The zero-order chi connectivity index (χ0) is 32.7. The van der Waals surface area contributed by atoms with E-state index in [0.717, 1.165) is 16.3 Å². The molecule has 0 saturated carbocycles. The first kappa shape index (κ1) is 30.3. The van der Waals surface area contributed by atoms with Crippen LogP contribution in [0.5, 0.6) is 17.2 Å². The summed E-state index contributed by atoms with van der Waals surface area (Å²) in [5.74, 6) is -0.624. The minimum Gasteiger partial charge on any atom is -0.503 e. The van der Waals surface area contributed by atoms with Crippen molar-refractivity contribution < 1.29 is 33.3 Å². The van der Waals surface area contributed by atoms with Crippen molar-refractivity contribution in [2.45, 2.75) is 16.1 Å². The predicted octanol–water partition coefficient (Wildman–Crippen LogP) is 7.54. The lowest BCUT2D eigenvalue weighted by Gasteiger charge is -2.25. The minimum absolute atomic E-state index is 0.0246. The van der Waals surface area contributed by atoms with Crippen LogP contribution in [0.3, 0.4) is 0 Å². The monoisotopic (exact) mass is 665 g/mol. The fourth-order valence-electron chi connectivity index (χ4n) is 5.75. The number of aliphatic hydroxyl groups excluding tert-OH is 1. The molecule has 0 spiro atoms. The molecule has 1 atom stereocenters. The van der Waals surface area contributed by atoms with Gasteiger partial charge in [-0.3, -0.25) is 14.5 Å². The number of nitrogens with zero attached hydrogens (tertiary/aromatic N) is 3. The Labute approximate surface area is 277 Å². The van der Waals surface area contributed by atoms with Gasteiger partial charge in [-0.05, 0) is 46.2 Å². The van der Waals surface area contributed by atoms with E-state index >= 15 is 0 Å². The van der Waals surface area contributed by atoms with Crippen LogP contribution in [-0.4, -0.2) is 48.3 Å². The standard InChI is InChI=1S/C35H27N3O7S2/c1-42-26-16-22(17-27(43-2)32(26)44-3)29-28(30(39)25-15-20-10-5-7-14-24(20)45-25)31(40)33(41)38(29)34-36-37-35(47-34)46-18-21-12-8-11-19-9-4-6-13-23(19)21/h4-17,29,40H,18H2,1-3H3. The van der Waals surface area contributed by atoms with E-state index in [9.17, 15) is 14.7 Å². The van der Waals surface area contributed by atoms with Crippen molar-refractivity contribution in [3.05, 3.63) is 113 Å². The van der Waals surface area contributed by atoms with Crippen molar-refractivity contribution >= 4 is 61.7 Å². The minimum atomic E-state index is -1.12. The number of Topliss-reactive ketones (excluding diaryl/α,β-unsaturated/α-hetero) is 1. The van der Waals surface area contributed by atoms with Crippen LogP contribution in [0.15, 0.2) is 105 Å². The molecule has 6 aromatic rings. The van der Waals surface area contributed by atoms with Gasteiger partial charge < -0.3 is 23.7 Å². The number of aromatic nitrogens is 2. The normalized spacial score (nSPS) is 14.7. The van der Waals surface area contributed by atoms with Crippen LogP contribution < -0.4 is 19.1 Å². The summed E-state index contributed by atoms with van der Waals surface area (Å²) in [7, 11) is 4.42.